The molecule has 0 radical (unpaired) electrons. The molecule has 0 unspecified atom stereocenters. The van der Waals surface area contributed by atoms with Gasteiger partial charge in [0, 0.05) is 27.5 Å². The molecule has 0 saturated carbocycles. The van der Waals surface area contributed by atoms with E-state index < -0.39 is 11.8 Å². The molecule has 6 heteroatoms. The standard InChI is InChI=1S/C46H26N4O2/c47-27-29-24-25-33(32(26-29)28-48)36-18-9-19-37-35-16-7-8-21-39(35)49(44(36)37)41-23-11-20-38-43(41)46(52)50(45(38)51)40-22-10-17-34(30-12-3-1-4-13-30)42(40)31-14-5-2-6-15-31/h1-26H. The number of aromatic nitrogens is 1. The van der Waals surface area contributed by atoms with E-state index in [2.05, 4.69) is 12.1 Å². The van der Waals surface area contributed by atoms with Gasteiger partial charge in [-0.3, -0.25) is 9.59 Å². The van der Waals surface area contributed by atoms with Gasteiger partial charge in [0.2, 0.25) is 0 Å². The maximum atomic E-state index is 15.0. The Morgan fingerprint density at radius 3 is 1.85 bits per heavy atom. The lowest BCUT2D eigenvalue weighted by atomic mass is 9.92. The molecule has 6 nitrogen and oxygen atoms in total. The number of carbonyl (C=O) groups excluding carboxylic acids is 2. The number of nitriles is 2. The summed E-state index contributed by atoms with van der Waals surface area (Å²) in [6.07, 6.45) is 0. The number of benzene rings is 7. The zero-order chi connectivity index (χ0) is 35.3. The average Bonchev–Trinajstić information content (AvgIpc) is 3.68. The first-order chi connectivity index (χ1) is 25.6. The van der Waals surface area contributed by atoms with Crippen molar-refractivity contribution in [2.24, 2.45) is 0 Å². The first-order valence-corrected chi connectivity index (χ1v) is 16.8. The predicted molar refractivity (Wildman–Crippen MR) is 204 cm³/mol. The van der Waals surface area contributed by atoms with E-state index in [1.165, 1.54) is 4.90 Å². The number of anilines is 1. The molecular formula is C46H26N4O2. The van der Waals surface area contributed by atoms with Gasteiger partial charge in [0.25, 0.3) is 11.8 Å². The second kappa shape index (κ2) is 12.1. The van der Waals surface area contributed by atoms with Crippen LogP contribution in [-0.2, 0) is 0 Å². The zero-order valence-corrected chi connectivity index (χ0v) is 27.6. The van der Waals surface area contributed by atoms with Crippen molar-refractivity contribution in [1.82, 2.24) is 4.57 Å². The second-order valence-electron chi connectivity index (χ2n) is 12.6. The van der Waals surface area contributed by atoms with Crippen molar-refractivity contribution in [3.05, 3.63) is 180 Å². The highest BCUT2D eigenvalue weighted by Gasteiger charge is 2.41. The molecule has 1 aromatic heterocycles. The molecule has 1 aliphatic heterocycles. The SMILES string of the molecule is N#Cc1ccc(-c2cccc3c4ccccc4n(-c4cccc5c4C(=O)N(c4cccc(-c6ccccc6)c4-c4ccccc4)C5=O)c23)c(C#N)c1. The summed E-state index contributed by atoms with van der Waals surface area (Å²) in [7, 11) is 0. The third-order valence-corrected chi connectivity index (χ3v) is 9.82. The highest BCUT2D eigenvalue weighted by atomic mass is 16.2. The molecular weight excluding hydrogens is 641 g/mol. The van der Waals surface area contributed by atoms with Gasteiger partial charge in [-0.25, -0.2) is 4.90 Å². The number of amides is 2. The highest BCUT2D eigenvalue weighted by Crippen LogP contribution is 2.45. The van der Waals surface area contributed by atoms with Crippen LogP contribution >= 0.6 is 0 Å². The molecule has 7 aromatic carbocycles. The number of imide groups is 1. The fourth-order valence-corrected chi connectivity index (χ4v) is 7.59. The van der Waals surface area contributed by atoms with Gasteiger partial charge in [0.1, 0.15) is 0 Å². The maximum absolute atomic E-state index is 15.0. The summed E-state index contributed by atoms with van der Waals surface area (Å²) in [6.45, 7) is 0. The fourth-order valence-electron chi connectivity index (χ4n) is 7.59. The van der Waals surface area contributed by atoms with Gasteiger partial charge < -0.3 is 4.57 Å². The number of para-hydroxylation sites is 2. The summed E-state index contributed by atoms with van der Waals surface area (Å²) < 4.78 is 2.03. The van der Waals surface area contributed by atoms with Crippen LogP contribution in [0.15, 0.2) is 158 Å². The summed E-state index contributed by atoms with van der Waals surface area (Å²) in [5.74, 6) is -0.818. The molecule has 0 fully saturated rings. The van der Waals surface area contributed by atoms with E-state index in [4.69, 9.17) is 0 Å². The number of rotatable bonds is 5. The first kappa shape index (κ1) is 30.5. The van der Waals surface area contributed by atoms with Crippen molar-refractivity contribution in [3.63, 3.8) is 0 Å². The molecule has 0 atom stereocenters. The van der Waals surface area contributed by atoms with E-state index in [-0.39, 0.29) is 0 Å². The lowest BCUT2D eigenvalue weighted by Crippen LogP contribution is -2.30. The minimum atomic E-state index is -0.419. The molecule has 0 spiro atoms. The Hall–Kier alpha value is -7.54. The molecule has 8 aromatic rings. The normalized spacial score (nSPS) is 12.2. The Kier molecular flexibility index (Phi) is 7.10. The van der Waals surface area contributed by atoms with Crippen LogP contribution in [0, 0.1) is 22.7 Å². The largest absolute Gasteiger partial charge is 0.308 e. The average molecular weight is 667 g/mol. The van der Waals surface area contributed by atoms with Crippen LogP contribution in [-0.4, -0.2) is 16.4 Å². The van der Waals surface area contributed by atoms with Crippen molar-refractivity contribution >= 4 is 39.3 Å². The Labute approximate surface area is 299 Å². The van der Waals surface area contributed by atoms with Crippen LogP contribution in [0.25, 0.3) is 60.9 Å². The maximum Gasteiger partial charge on any atom is 0.268 e. The van der Waals surface area contributed by atoms with Crippen LogP contribution in [0.4, 0.5) is 5.69 Å². The summed E-state index contributed by atoms with van der Waals surface area (Å²) in [4.78, 5) is 30.8. The molecule has 2 heterocycles. The van der Waals surface area contributed by atoms with Gasteiger partial charge in [0.15, 0.2) is 0 Å². The summed E-state index contributed by atoms with van der Waals surface area (Å²) in [6, 6.07) is 54.3. The summed E-state index contributed by atoms with van der Waals surface area (Å²) in [5, 5.41) is 21.6. The Bertz CT molecular complexity index is 2860. The van der Waals surface area contributed by atoms with Crippen molar-refractivity contribution in [2.75, 3.05) is 4.90 Å². The van der Waals surface area contributed by atoms with Crippen molar-refractivity contribution in [2.45, 2.75) is 0 Å². The first-order valence-electron chi connectivity index (χ1n) is 16.8. The number of hydrogen-bond acceptors (Lipinski definition) is 4. The molecule has 242 valence electrons. The number of hydrogen-bond donors (Lipinski definition) is 0. The predicted octanol–water partition coefficient (Wildman–Crippen LogP) is 10.3. The number of nitrogens with zero attached hydrogens (tertiary/aromatic N) is 4. The van der Waals surface area contributed by atoms with Crippen molar-refractivity contribution in [1.29, 1.82) is 10.5 Å². The minimum absolute atomic E-state index is 0.300. The van der Waals surface area contributed by atoms with Crippen LogP contribution in [0.5, 0.6) is 0 Å². The van der Waals surface area contributed by atoms with E-state index in [0.29, 0.717) is 39.2 Å². The van der Waals surface area contributed by atoms with E-state index in [1.54, 1.807) is 24.3 Å². The Morgan fingerprint density at radius 2 is 1.10 bits per heavy atom. The molecule has 2 amide bonds. The van der Waals surface area contributed by atoms with E-state index in [0.717, 1.165) is 49.6 Å². The fraction of sp³-hybridized carbons (Fsp3) is 0. The summed E-state index contributed by atoms with van der Waals surface area (Å²) >= 11 is 0. The van der Waals surface area contributed by atoms with Crippen molar-refractivity contribution < 1.29 is 9.59 Å². The van der Waals surface area contributed by atoms with Gasteiger partial charge in [-0.15, -0.1) is 0 Å². The van der Waals surface area contributed by atoms with Gasteiger partial charge in [-0.1, -0.05) is 121 Å². The van der Waals surface area contributed by atoms with Crippen LogP contribution in [0.2, 0.25) is 0 Å². The lowest BCUT2D eigenvalue weighted by molar-refractivity contribution is 0.0926. The highest BCUT2D eigenvalue weighted by molar-refractivity contribution is 6.37. The molecule has 0 N–H and O–H groups in total. The molecule has 0 bridgehead atoms. The van der Waals surface area contributed by atoms with E-state index in [9.17, 15) is 20.1 Å². The quantitative estimate of drug-likeness (QED) is 0.171. The Balaban J connectivity index is 1.30. The van der Waals surface area contributed by atoms with Gasteiger partial charge in [0.05, 0.1) is 56.8 Å². The van der Waals surface area contributed by atoms with Crippen LogP contribution in [0.1, 0.15) is 31.8 Å². The molecule has 0 aliphatic carbocycles. The van der Waals surface area contributed by atoms with E-state index >= 15 is 0 Å². The molecule has 52 heavy (non-hydrogen) atoms. The van der Waals surface area contributed by atoms with Crippen LogP contribution < -0.4 is 4.90 Å². The van der Waals surface area contributed by atoms with Gasteiger partial charge >= 0.3 is 0 Å². The smallest absolute Gasteiger partial charge is 0.268 e. The Morgan fingerprint density at radius 1 is 0.462 bits per heavy atom. The molecule has 0 saturated heterocycles. The topological polar surface area (TPSA) is 89.9 Å². The monoisotopic (exact) mass is 666 g/mol. The molecule has 1 aliphatic rings. The zero-order valence-electron chi connectivity index (χ0n) is 27.6. The third kappa shape index (κ3) is 4.56. The van der Waals surface area contributed by atoms with Gasteiger partial charge in [-0.05, 0) is 53.1 Å². The van der Waals surface area contributed by atoms with Crippen LogP contribution in [0.3, 0.4) is 0 Å². The van der Waals surface area contributed by atoms with E-state index in [1.807, 2.05) is 138 Å². The lowest BCUT2D eigenvalue weighted by Gasteiger charge is -2.22. The summed E-state index contributed by atoms with van der Waals surface area (Å²) in [5.41, 5.74) is 9.05. The molecule has 9 rings (SSSR count). The minimum Gasteiger partial charge on any atom is -0.308 e. The third-order valence-electron chi connectivity index (χ3n) is 9.82. The second-order valence-corrected chi connectivity index (χ2v) is 12.6. The van der Waals surface area contributed by atoms with Gasteiger partial charge in [-0.2, -0.15) is 10.5 Å². The van der Waals surface area contributed by atoms with Crippen molar-refractivity contribution in [3.8, 4) is 51.2 Å². The number of carbonyl (C=O) groups is 2. The number of fused-ring (bicyclic) bond motifs is 4.